The SMILES string of the molecule is Cc1cc(NC(=O)C(C)(C)C(=O)NCc2ccco2)ccc1Br. The van der Waals surface area contributed by atoms with E-state index < -0.39 is 5.41 Å². The van der Waals surface area contributed by atoms with Gasteiger partial charge in [-0.3, -0.25) is 9.59 Å². The maximum Gasteiger partial charge on any atom is 0.239 e. The molecule has 2 rings (SSSR count). The van der Waals surface area contributed by atoms with Crippen molar-refractivity contribution in [3.05, 3.63) is 52.4 Å². The van der Waals surface area contributed by atoms with Crippen molar-refractivity contribution in [1.29, 1.82) is 0 Å². The lowest BCUT2D eigenvalue weighted by Crippen LogP contribution is -2.44. The summed E-state index contributed by atoms with van der Waals surface area (Å²) in [6.07, 6.45) is 1.54. The molecule has 0 unspecified atom stereocenters. The van der Waals surface area contributed by atoms with Crippen LogP contribution in [0.4, 0.5) is 5.69 Å². The van der Waals surface area contributed by atoms with E-state index in [9.17, 15) is 9.59 Å². The maximum atomic E-state index is 12.4. The number of carbonyl (C=O) groups excluding carboxylic acids is 2. The summed E-state index contributed by atoms with van der Waals surface area (Å²) in [4.78, 5) is 24.7. The van der Waals surface area contributed by atoms with Crippen molar-refractivity contribution in [2.24, 2.45) is 5.41 Å². The smallest absolute Gasteiger partial charge is 0.239 e. The fourth-order valence-electron chi connectivity index (χ4n) is 1.91. The van der Waals surface area contributed by atoms with E-state index in [1.165, 1.54) is 6.26 Å². The van der Waals surface area contributed by atoms with E-state index in [2.05, 4.69) is 26.6 Å². The van der Waals surface area contributed by atoms with Gasteiger partial charge in [-0.1, -0.05) is 15.9 Å². The van der Waals surface area contributed by atoms with E-state index in [-0.39, 0.29) is 18.4 Å². The van der Waals surface area contributed by atoms with E-state index in [0.29, 0.717) is 11.4 Å². The Balaban J connectivity index is 2.00. The first-order chi connectivity index (χ1) is 10.8. The van der Waals surface area contributed by atoms with Crippen molar-refractivity contribution in [3.8, 4) is 0 Å². The lowest BCUT2D eigenvalue weighted by Gasteiger charge is -2.22. The summed E-state index contributed by atoms with van der Waals surface area (Å²) in [5.41, 5.74) is 0.457. The van der Waals surface area contributed by atoms with Gasteiger partial charge in [0.15, 0.2) is 0 Å². The Morgan fingerprint density at radius 1 is 1.22 bits per heavy atom. The van der Waals surface area contributed by atoms with Crippen molar-refractivity contribution < 1.29 is 14.0 Å². The van der Waals surface area contributed by atoms with Crippen molar-refractivity contribution in [2.45, 2.75) is 27.3 Å². The molecule has 23 heavy (non-hydrogen) atoms. The number of furan rings is 1. The van der Waals surface area contributed by atoms with Crippen LogP contribution in [0.1, 0.15) is 25.2 Å². The molecular formula is C17H19BrN2O3. The predicted molar refractivity (Wildman–Crippen MR) is 91.8 cm³/mol. The Morgan fingerprint density at radius 3 is 2.57 bits per heavy atom. The molecule has 1 aromatic heterocycles. The van der Waals surface area contributed by atoms with Gasteiger partial charge in [-0.05, 0) is 56.7 Å². The summed E-state index contributed by atoms with van der Waals surface area (Å²) in [7, 11) is 0. The Hall–Kier alpha value is -2.08. The first-order valence-electron chi connectivity index (χ1n) is 7.19. The number of benzene rings is 1. The molecule has 0 atom stereocenters. The second-order valence-corrected chi connectivity index (χ2v) is 6.66. The minimum absolute atomic E-state index is 0.250. The minimum Gasteiger partial charge on any atom is -0.467 e. The van der Waals surface area contributed by atoms with Gasteiger partial charge in [0.25, 0.3) is 0 Å². The molecule has 0 aliphatic rings. The molecule has 0 aliphatic heterocycles. The first-order valence-corrected chi connectivity index (χ1v) is 7.98. The third kappa shape index (κ3) is 4.22. The molecule has 1 aromatic carbocycles. The van der Waals surface area contributed by atoms with Gasteiger partial charge in [-0.25, -0.2) is 0 Å². The van der Waals surface area contributed by atoms with Gasteiger partial charge >= 0.3 is 0 Å². The molecule has 0 bridgehead atoms. The highest BCUT2D eigenvalue weighted by atomic mass is 79.9. The van der Waals surface area contributed by atoms with Crippen molar-refractivity contribution in [3.63, 3.8) is 0 Å². The number of amides is 2. The molecule has 5 nitrogen and oxygen atoms in total. The monoisotopic (exact) mass is 378 g/mol. The van der Waals surface area contributed by atoms with Crippen LogP contribution >= 0.6 is 15.9 Å². The molecule has 2 N–H and O–H groups in total. The normalized spacial score (nSPS) is 11.1. The zero-order chi connectivity index (χ0) is 17.0. The number of anilines is 1. The Morgan fingerprint density at radius 2 is 1.96 bits per heavy atom. The quantitative estimate of drug-likeness (QED) is 0.780. The summed E-state index contributed by atoms with van der Waals surface area (Å²) in [5.74, 6) is -0.0884. The summed E-state index contributed by atoms with van der Waals surface area (Å²) in [5, 5.41) is 5.49. The number of rotatable bonds is 5. The van der Waals surface area contributed by atoms with E-state index in [4.69, 9.17) is 4.42 Å². The average Bonchev–Trinajstić information content (AvgIpc) is 3.01. The fraction of sp³-hybridized carbons (Fsp3) is 0.294. The lowest BCUT2D eigenvalue weighted by molar-refractivity contribution is -0.138. The lowest BCUT2D eigenvalue weighted by atomic mass is 9.91. The summed E-state index contributed by atoms with van der Waals surface area (Å²) >= 11 is 3.41. The second-order valence-electron chi connectivity index (χ2n) is 5.81. The van der Waals surface area contributed by atoms with Crippen molar-refractivity contribution >= 4 is 33.4 Å². The summed E-state index contributed by atoms with van der Waals surface area (Å²) in [6, 6.07) is 8.99. The Bertz CT molecular complexity index is 709. The van der Waals surface area contributed by atoms with Crippen LogP contribution in [0.15, 0.2) is 45.5 Å². The van der Waals surface area contributed by atoms with E-state index in [0.717, 1.165) is 10.0 Å². The molecule has 122 valence electrons. The third-order valence-corrected chi connectivity index (χ3v) is 4.44. The molecule has 0 spiro atoms. The fourth-order valence-corrected chi connectivity index (χ4v) is 2.16. The van der Waals surface area contributed by atoms with Crippen molar-refractivity contribution in [2.75, 3.05) is 5.32 Å². The van der Waals surface area contributed by atoms with Crippen LogP contribution in [-0.2, 0) is 16.1 Å². The summed E-state index contributed by atoms with van der Waals surface area (Å²) in [6.45, 7) is 5.36. The van der Waals surface area contributed by atoms with Crippen LogP contribution in [-0.4, -0.2) is 11.8 Å². The van der Waals surface area contributed by atoms with Crippen LogP contribution in [0.5, 0.6) is 0 Å². The number of hydrogen-bond donors (Lipinski definition) is 2. The highest BCUT2D eigenvalue weighted by molar-refractivity contribution is 9.10. The molecule has 0 radical (unpaired) electrons. The highest BCUT2D eigenvalue weighted by Gasteiger charge is 2.36. The molecule has 2 aromatic rings. The first kappa shape index (κ1) is 17.3. The number of halogens is 1. The highest BCUT2D eigenvalue weighted by Crippen LogP contribution is 2.23. The van der Waals surface area contributed by atoms with E-state index >= 15 is 0 Å². The van der Waals surface area contributed by atoms with Crippen molar-refractivity contribution in [1.82, 2.24) is 5.32 Å². The molecule has 0 saturated carbocycles. The summed E-state index contributed by atoms with van der Waals surface area (Å²) < 4.78 is 6.12. The minimum atomic E-state index is -1.20. The van der Waals surface area contributed by atoms with Crippen LogP contribution in [0.2, 0.25) is 0 Å². The number of nitrogens with one attached hydrogen (secondary N) is 2. The van der Waals surface area contributed by atoms with Crippen LogP contribution in [0.25, 0.3) is 0 Å². The predicted octanol–water partition coefficient (Wildman–Crippen LogP) is 3.63. The van der Waals surface area contributed by atoms with Crippen LogP contribution in [0, 0.1) is 12.3 Å². The standard InChI is InChI=1S/C17H19BrN2O3/c1-11-9-12(6-7-14(11)18)20-16(22)17(2,3)15(21)19-10-13-5-4-8-23-13/h4-9H,10H2,1-3H3,(H,19,21)(H,20,22). The van der Waals surface area contributed by atoms with Gasteiger partial charge in [0, 0.05) is 10.2 Å². The number of hydrogen-bond acceptors (Lipinski definition) is 3. The number of carbonyl (C=O) groups is 2. The molecule has 1 heterocycles. The van der Waals surface area contributed by atoms with Gasteiger partial charge in [-0.2, -0.15) is 0 Å². The maximum absolute atomic E-state index is 12.4. The van der Waals surface area contributed by atoms with Crippen LogP contribution in [0.3, 0.4) is 0 Å². The van der Waals surface area contributed by atoms with Gasteiger partial charge in [0.2, 0.25) is 11.8 Å². The van der Waals surface area contributed by atoms with E-state index in [1.54, 1.807) is 32.0 Å². The van der Waals surface area contributed by atoms with Gasteiger partial charge in [0.05, 0.1) is 12.8 Å². The largest absolute Gasteiger partial charge is 0.467 e. The zero-order valence-corrected chi connectivity index (χ0v) is 14.9. The Labute approximate surface area is 143 Å². The average molecular weight is 379 g/mol. The molecule has 6 heteroatoms. The van der Waals surface area contributed by atoms with Crippen LogP contribution < -0.4 is 10.6 Å². The zero-order valence-electron chi connectivity index (χ0n) is 13.3. The molecule has 2 amide bonds. The Kier molecular flexibility index (Phi) is 5.26. The topological polar surface area (TPSA) is 71.3 Å². The van der Waals surface area contributed by atoms with Gasteiger partial charge < -0.3 is 15.1 Å². The third-order valence-electron chi connectivity index (χ3n) is 3.55. The molecule has 0 aliphatic carbocycles. The van der Waals surface area contributed by atoms with Gasteiger partial charge in [-0.15, -0.1) is 0 Å². The molecular weight excluding hydrogens is 360 g/mol. The van der Waals surface area contributed by atoms with E-state index in [1.807, 2.05) is 19.1 Å². The second kappa shape index (κ2) is 7.00. The number of aryl methyl sites for hydroxylation is 1. The van der Waals surface area contributed by atoms with Gasteiger partial charge in [0.1, 0.15) is 11.2 Å². The molecule has 0 fully saturated rings. The molecule has 0 saturated heterocycles.